The first kappa shape index (κ1) is 16.0. The van der Waals surface area contributed by atoms with Crippen LogP contribution in [0.15, 0.2) is 42.5 Å². The van der Waals surface area contributed by atoms with E-state index in [0.717, 1.165) is 43.0 Å². The zero-order valence-corrected chi connectivity index (χ0v) is 14.9. The number of fused-ring (bicyclic) bond motifs is 1. The molecule has 0 unspecified atom stereocenters. The van der Waals surface area contributed by atoms with E-state index >= 15 is 0 Å². The van der Waals surface area contributed by atoms with Gasteiger partial charge in [-0.15, -0.1) is 0 Å². The molecule has 0 spiro atoms. The van der Waals surface area contributed by atoms with Crippen molar-refractivity contribution in [3.05, 3.63) is 53.9 Å². The number of piperazine rings is 1. The molecule has 0 aliphatic carbocycles. The van der Waals surface area contributed by atoms with Crippen LogP contribution in [0.5, 0.6) is 0 Å². The van der Waals surface area contributed by atoms with Crippen LogP contribution in [0.1, 0.15) is 11.4 Å². The van der Waals surface area contributed by atoms with Gasteiger partial charge in [0.25, 0.3) is 0 Å². The highest BCUT2D eigenvalue weighted by Crippen LogP contribution is 2.25. The van der Waals surface area contributed by atoms with Crippen LogP contribution in [0.2, 0.25) is 0 Å². The normalized spacial score (nSPS) is 15.2. The highest BCUT2D eigenvalue weighted by atomic mass is 15.3. The first-order valence-corrected chi connectivity index (χ1v) is 8.87. The molecule has 1 aliphatic heterocycles. The zero-order valence-electron chi connectivity index (χ0n) is 14.9. The first-order chi connectivity index (χ1) is 12.2. The average Bonchev–Trinajstić information content (AvgIpc) is 2.97. The largest absolute Gasteiger partial charge is 0.368 e. The summed E-state index contributed by atoms with van der Waals surface area (Å²) in [6.07, 6.45) is 0. The minimum absolute atomic E-state index is 0.468. The number of aromatic nitrogens is 2. The van der Waals surface area contributed by atoms with E-state index in [4.69, 9.17) is 5.73 Å². The van der Waals surface area contributed by atoms with Crippen molar-refractivity contribution in [2.45, 2.75) is 13.5 Å². The molecule has 1 aromatic heterocycles. The Morgan fingerprint density at radius 3 is 2.28 bits per heavy atom. The van der Waals surface area contributed by atoms with Crippen LogP contribution in [0, 0.1) is 6.92 Å². The van der Waals surface area contributed by atoms with Crippen LogP contribution in [0.4, 0.5) is 11.4 Å². The molecule has 1 fully saturated rings. The Labute approximate surface area is 148 Å². The van der Waals surface area contributed by atoms with Crippen molar-refractivity contribution in [2.75, 3.05) is 36.0 Å². The number of aryl methyl sites for hydroxylation is 2. The maximum atomic E-state index is 5.78. The van der Waals surface area contributed by atoms with Gasteiger partial charge in [-0.2, -0.15) is 0 Å². The third kappa shape index (κ3) is 2.96. The van der Waals surface area contributed by atoms with Gasteiger partial charge in [0, 0.05) is 44.6 Å². The monoisotopic (exact) mass is 335 g/mol. The molecule has 5 heteroatoms. The Balaban J connectivity index is 1.51. The molecule has 1 saturated heterocycles. The molecule has 25 heavy (non-hydrogen) atoms. The van der Waals surface area contributed by atoms with Crippen LogP contribution in [0.3, 0.4) is 0 Å². The summed E-state index contributed by atoms with van der Waals surface area (Å²) < 4.78 is 2.08. The lowest BCUT2D eigenvalue weighted by Gasteiger charge is -2.37. The van der Waals surface area contributed by atoms with Crippen molar-refractivity contribution in [1.82, 2.24) is 9.55 Å². The molecule has 0 saturated carbocycles. The fourth-order valence-corrected chi connectivity index (χ4v) is 3.66. The van der Waals surface area contributed by atoms with Crippen molar-refractivity contribution in [2.24, 2.45) is 12.8 Å². The summed E-state index contributed by atoms with van der Waals surface area (Å²) in [6, 6.07) is 15.3. The minimum Gasteiger partial charge on any atom is -0.368 e. The first-order valence-electron chi connectivity index (χ1n) is 8.87. The van der Waals surface area contributed by atoms with Gasteiger partial charge in [0.1, 0.15) is 5.82 Å². The van der Waals surface area contributed by atoms with Gasteiger partial charge in [-0.25, -0.2) is 4.98 Å². The van der Waals surface area contributed by atoms with Crippen LogP contribution in [0.25, 0.3) is 11.0 Å². The summed E-state index contributed by atoms with van der Waals surface area (Å²) in [6.45, 7) is 6.74. The Morgan fingerprint density at radius 2 is 1.64 bits per heavy atom. The molecular weight excluding hydrogens is 310 g/mol. The van der Waals surface area contributed by atoms with Gasteiger partial charge in [-0.3, -0.25) is 0 Å². The van der Waals surface area contributed by atoms with Gasteiger partial charge < -0.3 is 20.1 Å². The Kier molecular flexibility index (Phi) is 4.09. The standard InChI is InChI=1S/C20H25N5/c1-15-4-3-5-16(12-15)24-8-10-25(11-9-24)17-6-7-19-18(13-17)22-20(14-21)23(19)2/h3-7,12-13H,8-11,14,21H2,1-2H3. The van der Waals surface area contributed by atoms with Crippen LogP contribution in [-0.4, -0.2) is 35.7 Å². The topological polar surface area (TPSA) is 50.3 Å². The molecule has 130 valence electrons. The Hall–Kier alpha value is -2.53. The summed E-state index contributed by atoms with van der Waals surface area (Å²) in [7, 11) is 2.03. The number of hydrogen-bond donors (Lipinski definition) is 1. The van der Waals surface area contributed by atoms with Crippen LogP contribution >= 0.6 is 0 Å². The number of anilines is 2. The number of hydrogen-bond acceptors (Lipinski definition) is 4. The average molecular weight is 335 g/mol. The molecule has 1 aliphatic rings. The lowest BCUT2D eigenvalue weighted by atomic mass is 10.1. The molecule has 2 N–H and O–H groups in total. The molecule has 0 atom stereocenters. The molecule has 0 bridgehead atoms. The second-order valence-corrected chi connectivity index (χ2v) is 6.78. The van der Waals surface area contributed by atoms with Crippen molar-refractivity contribution in [3.63, 3.8) is 0 Å². The number of nitrogens with two attached hydrogens (primary N) is 1. The number of nitrogens with zero attached hydrogens (tertiary/aromatic N) is 4. The third-order valence-corrected chi connectivity index (χ3v) is 5.15. The molecule has 0 amide bonds. The summed E-state index contributed by atoms with van der Waals surface area (Å²) in [4.78, 5) is 9.57. The number of rotatable bonds is 3. The maximum Gasteiger partial charge on any atom is 0.123 e. The molecular formula is C20H25N5. The molecule has 4 rings (SSSR count). The van der Waals surface area contributed by atoms with Gasteiger partial charge in [0.2, 0.25) is 0 Å². The smallest absolute Gasteiger partial charge is 0.123 e. The van der Waals surface area contributed by atoms with E-state index in [1.165, 1.54) is 16.9 Å². The van der Waals surface area contributed by atoms with Gasteiger partial charge >= 0.3 is 0 Å². The van der Waals surface area contributed by atoms with Gasteiger partial charge in [0.05, 0.1) is 17.6 Å². The van der Waals surface area contributed by atoms with Crippen molar-refractivity contribution < 1.29 is 0 Å². The highest BCUT2D eigenvalue weighted by molar-refractivity contribution is 5.80. The fourth-order valence-electron chi connectivity index (χ4n) is 3.66. The predicted molar refractivity (Wildman–Crippen MR) is 104 cm³/mol. The predicted octanol–water partition coefficient (Wildman–Crippen LogP) is 2.67. The molecule has 0 radical (unpaired) electrons. The van der Waals surface area contributed by atoms with E-state index in [0.29, 0.717) is 6.54 Å². The second kappa shape index (κ2) is 6.41. The number of benzene rings is 2. The quantitative estimate of drug-likeness (QED) is 0.799. The maximum absolute atomic E-state index is 5.78. The van der Waals surface area contributed by atoms with Gasteiger partial charge in [0.15, 0.2) is 0 Å². The Morgan fingerprint density at radius 1 is 0.960 bits per heavy atom. The van der Waals surface area contributed by atoms with E-state index in [-0.39, 0.29) is 0 Å². The van der Waals surface area contributed by atoms with Crippen molar-refractivity contribution >= 4 is 22.4 Å². The molecule has 2 aromatic carbocycles. The third-order valence-electron chi connectivity index (χ3n) is 5.15. The number of imidazole rings is 1. The summed E-state index contributed by atoms with van der Waals surface area (Å²) in [5.74, 6) is 0.927. The lowest BCUT2D eigenvalue weighted by molar-refractivity contribution is 0.653. The van der Waals surface area contributed by atoms with Gasteiger partial charge in [-0.1, -0.05) is 12.1 Å². The lowest BCUT2D eigenvalue weighted by Crippen LogP contribution is -2.46. The summed E-state index contributed by atoms with van der Waals surface area (Å²) in [5, 5.41) is 0. The van der Waals surface area contributed by atoms with E-state index in [2.05, 4.69) is 68.7 Å². The molecule has 5 nitrogen and oxygen atoms in total. The fraction of sp³-hybridized carbons (Fsp3) is 0.350. The van der Waals surface area contributed by atoms with E-state index in [9.17, 15) is 0 Å². The molecule has 2 heterocycles. The summed E-state index contributed by atoms with van der Waals surface area (Å²) in [5.41, 5.74) is 11.8. The highest BCUT2D eigenvalue weighted by Gasteiger charge is 2.18. The molecule has 3 aromatic rings. The van der Waals surface area contributed by atoms with Crippen molar-refractivity contribution in [1.29, 1.82) is 0 Å². The van der Waals surface area contributed by atoms with Gasteiger partial charge in [-0.05, 0) is 42.8 Å². The van der Waals surface area contributed by atoms with Crippen LogP contribution < -0.4 is 15.5 Å². The van der Waals surface area contributed by atoms with Crippen LogP contribution in [-0.2, 0) is 13.6 Å². The van der Waals surface area contributed by atoms with Crippen molar-refractivity contribution in [3.8, 4) is 0 Å². The van der Waals surface area contributed by atoms with E-state index in [1.807, 2.05) is 7.05 Å². The second-order valence-electron chi connectivity index (χ2n) is 6.78. The summed E-state index contributed by atoms with van der Waals surface area (Å²) >= 11 is 0. The van der Waals surface area contributed by atoms with E-state index < -0.39 is 0 Å². The zero-order chi connectivity index (χ0) is 17.4. The van der Waals surface area contributed by atoms with E-state index in [1.54, 1.807) is 0 Å². The Bertz CT molecular complexity index is 890. The minimum atomic E-state index is 0.468. The SMILES string of the molecule is Cc1cccc(N2CCN(c3ccc4c(c3)nc(CN)n4C)CC2)c1.